The zero-order valence-electron chi connectivity index (χ0n) is 15.0. The Bertz CT molecular complexity index is 297. The molecule has 0 saturated heterocycles. The van der Waals surface area contributed by atoms with E-state index in [9.17, 15) is 0 Å². The molecule has 0 aromatic rings. The molecule has 0 aromatic carbocycles. The van der Waals surface area contributed by atoms with Crippen LogP contribution in [0.15, 0.2) is 36.5 Å². The molecule has 0 spiro atoms. The van der Waals surface area contributed by atoms with E-state index in [2.05, 4.69) is 50.3 Å². The van der Waals surface area contributed by atoms with Crippen molar-refractivity contribution in [1.29, 1.82) is 0 Å². The molecule has 0 saturated carbocycles. The summed E-state index contributed by atoms with van der Waals surface area (Å²) in [5.41, 5.74) is 0.724. The molecule has 1 aliphatic rings. The summed E-state index contributed by atoms with van der Waals surface area (Å²) in [4.78, 5) is 0. The third kappa shape index (κ3) is 9.62. The van der Waals surface area contributed by atoms with Crippen LogP contribution in [0.4, 0.5) is 0 Å². The molecule has 0 aromatic heterocycles. The van der Waals surface area contributed by atoms with Crippen LogP contribution in [-0.4, -0.2) is 18.0 Å². The zero-order valence-corrected chi connectivity index (χ0v) is 15.9. The Morgan fingerprint density at radius 1 is 0.591 bits per heavy atom. The summed E-state index contributed by atoms with van der Waals surface area (Å²) in [5, 5.41) is 0. The fraction of sp³-hybridized carbons (Fsp3) is 0.714. The number of allylic oxidation sites excluding steroid dienone is 6. The second kappa shape index (κ2) is 14.3. The molecule has 1 heteroatoms. The van der Waals surface area contributed by atoms with Crippen LogP contribution in [0, 0.1) is 0 Å². The Labute approximate surface area is 140 Å². The van der Waals surface area contributed by atoms with Crippen LogP contribution >= 0.6 is 7.92 Å². The molecule has 0 atom stereocenters. The molecule has 0 N–H and O–H groups in total. The highest BCUT2D eigenvalue weighted by molar-refractivity contribution is 7.58. The van der Waals surface area contributed by atoms with Crippen molar-refractivity contribution < 1.29 is 0 Å². The van der Waals surface area contributed by atoms with Gasteiger partial charge in [0.25, 0.3) is 0 Å². The summed E-state index contributed by atoms with van der Waals surface area (Å²) in [5.74, 6) is 0. The van der Waals surface area contributed by atoms with E-state index in [1.165, 1.54) is 76.5 Å². The minimum absolute atomic E-state index is 0.149. The SMILES string of the molecule is CCCCCCCP(CCCCCCC)C1C=CC=CC=C1. The Hall–Kier alpha value is -0.350. The van der Waals surface area contributed by atoms with Gasteiger partial charge in [0.1, 0.15) is 0 Å². The number of hydrogen-bond donors (Lipinski definition) is 0. The fourth-order valence-corrected chi connectivity index (χ4v) is 5.80. The first-order valence-corrected chi connectivity index (χ1v) is 11.4. The van der Waals surface area contributed by atoms with Crippen LogP contribution in [0.3, 0.4) is 0 Å². The van der Waals surface area contributed by atoms with Gasteiger partial charge in [-0.2, -0.15) is 0 Å². The normalized spacial score (nSPS) is 14.9. The molecule has 22 heavy (non-hydrogen) atoms. The van der Waals surface area contributed by atoms with Crippen LogP contribution in [0.1, 0.15) is 78.1 Å². The molecular formula is C21H37P. The van der Waals surface area contributed by atoms with Crippen LogP contribution in [0.2, 0.25) is 0 Å². The van der Waals surface area contributed by atoms with Gasteiger partial charge < -0.3 is 0 Å². The van der Waals surface area contributed by atoms with Gasteiger partial charge in [-0.3, -0.25) is 0 Å². The quantitative estimate of drug-likeness (QED) is 0.244. The molecule has 0 unspecified atom stereocenters. The molecule has 0 fully saturated rings. The largest absolute Gasteiger partial charge is 0.0957 e. The monoisotopic (exact) mass is 320 g/mol. The lowest BCUT2D eigenvalue weighted by Crippen LogP contribution is -2.05. The van der Waals surface area contributed by atoms with E-state index >= 15 is 0 Å². The molecule has 126 valence electrons. The molecular weight excluding hydrogens is 283 g/mol. The van der Waals surface area contributed by atoms with Gasteiger partial charge in [-0.05, 0) is 25.2 Å². The average molecular weight is 321 g/mol. The van der Waals surface area contributed by atoms with E-state index in [1.54, 1.807) is 0 Å². The molecule has 0 aliphatic heterocycles. The smallest absolute Gasteiger partial charge is 0.0156 e. The van der Waals surface area contributed by atoms with Crippen molar-refractivity contribution in [3.8, 4) is 0 Å². The highest BCUT2D eigenvalue weighted by atomic mass is 31.1. The lowest BCUT2D eigenvalue weighted by Gasteiger charge is -2.23. The number of hydrogen-bond acceptors (Lipinski definition) is 0. The minimum atomic E-state index is 0.149. The minimum Gasteiger partial charge on any atom is -0.0957 e. The van der Waals surface area contributed by atoms with Crippen molar-refractivity contribution in [1.82, 2.24) is 0 Å². The van der Waals surface area contributed by atoms with Crippen molar-refractivity contribution in [2.75, 3.05) is 12.3 Å². The second-order valence-electron chi connectivity index (χ2n) is 6.51. The summed E-state index contributed by atoms with van der Waals surface area (Å²) in [6, 6.07) is 0. The summed E-state index contributed by atoms with van der Waals surface area (Å²) in [6.45, 7) is 4.61. The van der Waals surface area contributed by atoms with Crippen molar-refractivity contribution >= 4 is 7.92 Å². The fourth-order valence-electron chi connectivity index (χ4n) is 3.04. The number of unbranched alkanes of at least 4 members (excludes halogenated alkanes) is 8. The van der Waals surface area contributed by atoms with Gasteiger partial charge in [0.2, 0.25) is 0 Å². The lowest BCUT2D eigenvalue weighted by molar-refractivity contribution is 0.652. The van der Waals surface area contributed by atoms with Gasteiger partial charge in [-0.1, -0.05) is 110 Å². The Morgan fingerprint density at radius 2 is 1.05 bits per heavy atom. The van der Waals surface area contributed by atoms with E-state index < -0.39 is 0 Å². The van der Waals surface area contributed by atoms with Gasteiger partial charge in [0.05, 0.1) is 0 Å². The first-order chi connectivity index (χ1) is 10.9. The highest BCUT2D eigenvalue weighted by Gasteiger charge is 2.15. The molecule has 1 aliphatic carbocycles. The van der Waals surface area contributed by atoms with Crippen molar-refractivity contribution in [2.45, 2.75) is 83.7 Å². The van der Waals surface area contributed by atoms with Gasteiger partial charge in [0, 0.05) is 5.66 Å². The van der Waals surface area contributed by atoms with E-state index in [1.807, 2.05) is 0 Å². The molecule has 0 nitrogen and oxygen atoms in total. The van der Waals surface area contributed by atoms with Crippen LogP contribution in [0.25, 0.3) is 0 Å². The number of rotatable bonds is 13. The van der Waals surface area contributed by atoms with Crippen LogP contribution in [0.5, 0.6) is 0 Å². The maximum Gasteiger partial charge on any atom is 0.0156 e. The topological polar surface area (TPSA) is 0 Å². The van der Waals surface area contributed by atoms with Crippen LogP contribution in [-0.2, 0) is 0 Å². The summed E-state index contributed by atoms with van der Waals surface area (Å²) >= 11 is 0. The molecule has 0 bridgehead atoms. The zero-order chi connectivity index (χ0) is 15.9. The van der Waals surface area contributed by atoms with Crippen molar-refractivity contribution in [2.24, 2.45) is 0 Å². The van der Waals surface area contributed by atoms with Crippen molar-refractivity contribution in [3.05, 3.63) is 36.5 Å². The summed E-state index contributed by atoms with van der Waals surface area (Å²) in [6.07, 6.45) is 30.9. The average Bonchev–Trinajstić information content (AvgIpc) is 2.81. The third-order valence-electron chi connectivity index (χ3n) is 4.47. The van der Waals surface area contributed by atoms with Crippen LogP contribution < -0.4 is 0 Å². The standard InChI is InChI=1S/C21H37P/c1-3-5-7-11-15-19-22(20-16-12-8-6-4-2)21-17-13-9-10-14-18-21/h9-10,13-14,17-18,21H,3-8,11-12,15-16,19-20H2,1-2H3. The second-order valence-corrected chi connectivity index (χ2v) is 9.18. The molecule has 0 amide bonds. The van der Waals surface area contributed by atoms with Crippen molar-refractivity contribution in [3.63, 3.8) is 0 Å². The Morgan fingerprint density at radius 3 is 1.50 bits per heavy atom. The van der Waals surface area contributed by atoms with Gasteiger partial charge in [-0.25, -0.2) is 0 Å². The summed E-state index contributed by atoms with van der Waals surface area (Å²) < 4.78 is 0. The first kappa shape index (κ1) is 19.7. The molecule has 0 radical (unpaired) electrons. The van der Waals surface area contributed by atoms with Gasteiger partial charge in [0.15, 0.2) is 0 Å². The van der Waals surface area contributed by atoms with Gasteiger partial charge >= 0.3 is 0 Å². The van der Waals surface area contributed by atoms with E-state index in [-0.39, 0.29) is 7.92 Å². The highest BCUT2D eigenvalue weighted by Crippen LogP contribution is 2.45. The molecule has 1 rings (SSSR count). The maximum absolute atomic E-state index is 2.45. The van der Waals surface area contributed by atoms with Gasteiger partial charge in [-0.15, -0.1) is 0 Å². The third-order valence-corrected chi connectivity index (χ3v) is 7.44. The lowest BCUT2D eigenvalue weighted by atomic mass is 10.2. The Balaban J connectivity index is 2.35. The predicted molar refractivity (Wildman–Crippen MR) is 105 cm³/mol. The predicted octanol–water partition coefficient (Wildman–Crippen LogP) is 7.46. The van der Waals surface area contributed by atoms with E-state index in [0.717, 1.165) is 5.66 Å². The molecule has 0 heterocycles. The maximum atomic E-state index is 2.45. The summed E-state index contributed by atoms with van der Waals surface area (Å²) in [7, 11) is 0.149. The Kier molecular flexibility index (Phi) is 12.8. The first-order valence-electron chi connectivity index (χ1n) is 9.64. The van der Waals surface area contributed by atoms with E-state index in [0.29, 0.717) is 0 Å². The van der Waals surface area contributed by atoms with E-state index in [4.69, 9.17) is 0 Å².